The van der Waals surface area contributed by atoms with Gasteiger partial charge >= 0.3 is 0 Å². The van der Waals surface area contributed by atoms with Gasteiger partial charge in [-0.3, -0.25) is 0 Å². The van der Waals surface area contributed by atoms with Gasteiger partial charge < -0.3 is 0 Å². The van der Waals surface area contributed by atoms with Gasteiger partial charge in [0, 0.05) is 10.6 Å². The Labute approximate surface area is 94.0 Å². The summed E-state index contributed by atoms with van der Waals surface area (Å²) in [6, 6.07) is 4.47. The quantitative estimate of drug-likeness (QED) is 0.349. The van der Waals surface area contributed by atoms with Crippen molar-refractivity contribution in [3.8, 4) is 0 Å². The molecule has 0 fully saturated rings. The first-order valence-electron chi connectivity index (χ1n) is 4.50. The Morgan fingerprint density at radius 2 is 2.25 bits per heavy atom. The molecule has 0 aliphatic carbocycles. The minimum absolute atomic E-state index is 0.133. The van der Waals surface area contributed by atoms with Gasteiger partial charge in [0.1, 0.15) is 0 Å². The van der Waals surface area contributed by atoms with Crippen molar-refractivity contribution in [3.63, 3.8) is 0 Å². The maximum Gasteiger partial charge on any atom is 0.181 e. The molecule has 0 N–H and O–H groups in total. The maximum atomic E-state index is 11.7. The van der Waals surface area contributed by atoms with E-state index in [1.165, 1.54) is 18.2 Å². The van der Waals surface area contributed by atoms with Crippen molar-refractivity contribution in [3.05, 3.63) is 46.9 Å². The lowest BCUT2D eigenvalue weighted by atomic mass is 10.2. The van der Waals surface area contributed by atoms with Crippen LogP contribution in [-0.4, -0.2) is 14.2 Å². The summed E-state index contributed by atoms with van der Waals surface area (Å²) in [4.78, 5) is 2.79. The monoisotopic (exact) mass is 237 g/mol. The molecule has 0 atom stereocenters. The highest BCUT2D eigenvalue weighted by Gasteiger charge is 2.13. The van der Waals surface area contributed by atoms with Crippen LogP contribution in [0.5, 0.6) is 0 Å². The van der Waals surface area contributed by atoms with Gasteiger partial charge in [-0.15, -0.1) is 6.58 Å². The minimum Gasteiger partial charge on any atom is -0.223 e. The minimum atomic E-state index is -3.37. The highest BCUT2D eigenvalue weighted by atomic mass is 32.2. The Hall–Kier alpha value is -1.78. The summed E-state index contributed by atoms with van der Waals surface area (Å²) in [6.07, 6.45) is 1.32. The molecule has 0 spiro atoms. The van der Waals surface area contributed by atoms with Crippen molar-refractivity contribution in [1.29, 1.82) is 0 Å². The average Bonchev–Trinajstić information content (AvgIpc) is 2.21. The lowest BCUT2D eigenvalue weighted by Gasteiger charge is -2.04. The molecule has 0 saturated heterocycles. The van der Waals surface area contributed by atoms with E-state index in [1.54, 1.807) is 13.0 Å². The third-order valence-electron chi connectivity index (χ3n) is 2.03. The molecule has 0 aromatic heterocycles. The van der Waals surface area contributed by atoms with Crippen LogP contribution in [0.3, 0.4) is 0 Å². The molecular weight excluding hydrogens is 226 g/mol. The van der Waals surface area contributed by atoms with E-state index in [-0.39, 0.29) is 10.6 Å². The van der Waals surface area contributed by atoms with Gasteiger partial charge in [0.2, 0.25) is 0 Å². The molecule has 1 rings (SSSR count). The number of benzene rings is 1. The molecule has 0 bridgehead atoms. The smallest absolute Gasteiger partial charge is 0.181 e. The van der Waals surface area contributed by atoms with Crippen molar-refractivity contribution in [2.45, 2.75) is 11.8 Å². The number of azide groups is 1. The molecular formula is C10H11N3O2S. The highest BCUT2D eigenvalue weighted by molar-refractivity contribution is 7.91. The van der Waals surface area contributed by atoms with Crippen LogP contribution in [0.1, 0.15) is 5.56 Å². The van der Waals surface area contributed by atoms with Crippen molar-refractivity contribution >= 4 is 15.5 Å². The van der Waals surface area contributed by atoms with E-state index in [2.05, 4.69) is 16.6 Å². The topological polar surface area (TPSA) is 82.9 Å². The fourth-order valence-corrected chi connectivity index (χ4v) is 2.26. The zero-order chi connectivity index (χ0) is 12.2. The summed E-state index contributed by atoms with van der Waals surface area (Å²) >= 11 is 0. The Balaban J connectivity index is 3.33. The fourth-order valence-electron chi connectivity index (χ4n) is 1.19. The van der Waals surface area contributed by atoms with Gasteiger partial charge in [-0.25, -0.2) is 8.42 Å². The summed E-state index contributed by atoms with van der Waals surface area (Å²) in [5.41, 5.74) is 9.39. The molecule has 5 nitrogen and oxygen atoms in total. The van der Waals surface area contributed by atoms with Gasteiger partial charge in [0.15, 0.2) is 9.84 Å². The summed E-state index contributed by atoms with van der Waals surface area (Å²) in [5, 5.41) is 3.43. The second-order valence-corrected chi connectivity index (χ2v) is 5.24. The lowest BCUT2D eigenvalue weighted by molar-refractivity contribution is 0.599. The Morgan fingerprint density at radius 1 is 1.56 bits per heavy atom. The van der Waals surface area contributed by atoms with Crippen molar-refractivity contribution in [2.75, 3.05) is 5.75 Å². The van der Waals surface area contributed by atoms with Crippen LogP contribution < -0.4 is 0 Å². The SMILES string of the molecule is C=CCS(=O)(=O)c1ccc(C)c(N=[N+]=[N-])c1. The van der Waals surface area contributed by atoms with Gasteiger partial charge in [0.25, 0.3) is 0 Å². The fraction of sp³-hybridized carbons (Fsp3) is 0.200. The lowest BCUT2D eigenvalue weighted by Crippen LogP contribution is -2.04. The van der Waals surface area contributed by atoms with Crippen LogP contribution >= 0.6 is 0 Å². The molecule has 1 aromatic rings. The summed E-state index contributed by atoms with van der Waals surface area (Å²) < 4.78 is 23.4. The zero-order valence-electron chi connectivity index (χ0n) is 8.79. The number of sulfone groups is 1. The number of aryl methyl sites for hydroxylation is 1. The van der Waals surface area contributed by atoms with Crippen LogP contribution in [0.15, 0.2) is 40.9 Å². The Bertz CT molecular complexity index is 557. The average molecular weight is 237 g/mol. The number of nitrogens with zero attached hydrogens (tertiary/aromatic N) is 3. The first-order valence-corrected chi connectivity index (χ1v) is 6.16. The molecule has 0 aliphatic heterocycles. The predicted molar refractivity (Wildman–Crippen MR) is 62.2 cm³/mol. The molecule has 0 amide bonds. The largest absolute Gasteiger partial charge is 0.223 e. The van der Waals surface area contributed by atoms with Crippen molar-refractivity contribution in [1.82, 2.24) is 0 Å². The van der Waals surface area contributed by atoms with Gasteiger partial charge in [-0.1, -0.05) is 17.3 Å². The van der Waals surface area contributed by atoms with Crippen LogP contribution in [-0.2, 0) is 9.84 Å². The zero-order valence-corrected chi connectivity index (χ0v) is 9.61. The molecule has 16 heavy (non-hydrogen) atoms. The number of hydrogen-bond donors (Lipinski definition) is 0. The maximum absolute atomic E-state index is 11.7. The summed E-state index contributed by atoms with van der Waals surface area (Å²) in [6.45, 7) is 5.13. The molecule has 1 aromatic carbocycles. The second-order valence-electron chi connectivity index (χ2n) is 3.21. The molecule has 0 radical (unpaired) electrons. The molecule has 0 aliphatic rings. The first kappa shape index (κ1) is 12.3. The van der Waals surface area contributed by atoms with Gasteiger partial charge in [-0.2, -0.15) is 0 Å². The molecule has 0 unspecified atom stereocenters. The Morgan fingerprint density at radius 3 is 2.81 bits per heavy atom. The summed E-state index contributed by atoms with van der Waals surface area (Å²) in [5.74, 6) is -0.133. The van der Waals surface area contributed by atoms with Crippen LogP contribution in [0.2, 0.25) is 0 Å². The van der Waals surface area contributed by atoms with Crippen molar-refractivity contribution in [2.24, 2.45) is 5.11 Å². The van der Waals surface area contributed by atoms with Crippen molar-refractivity contribution < 1.29 is 8.42 Å². The molecule has 0 heterocycles. The van der Waals surface area contributed by atoms with E-state index in [4.69, 9.17) is 5.53 Å². The second kappa shape index (κ2) is 4.83. The third-order valence-corrected chi connectivity index (χ3v) is 3.68. The van der Waals surface area contributed by atoms with E-state index < -0.39 is 9.84 Å². The van der Waals surface area contributed by atoms with Crippen LogP contribution in [0.25, 0.3) is 10.4 Å². The molecule has 0 saturated carbocycles. The number of rotatable bonds is 4. The van der Waals surface area contributed by atoms with E-state index in [1.807, 2.05) is 0 Å². The highest BCUT2D eigenvalue weighted by Crippen LogP contribution is 2.23. The standard InChI is InChI=1S/C10H11N3O2S/c1-3-6-16(14,15)9-5-4-8(2)10(7-9)12-13-11/h3-5,7H,1,6H2,2H3. The van der Waals surface area contributed by atoms with E-state index in [0.29, 0.717) is 5.69 Å². The molecule has 84 valence electrons. The van der Waals surface area contributed by atoms with E-state index in [9.17, 15) is 8.42 Å². The van der Waals surface area contributed by atoms with E-state index >= 15 is 0 Å². The summed E-state index contributed by atoms with van der Waals surface area (Å²) in [7, 11) is -3.37. The number of hydrogen-bond acceptors (Lipinski definition) is 3. The third kappa shape index (κ3) is 2.62. The Kier molecular flexibility index (Phi) is 3.71. The molecule has 6 heteroatoms. The predicted octanol–water partition coefficient (Wildman–Crippen LogP) is 2.90. The van der Waals surface area contributed by atoms with Gasteiger partial charge in [0.05, 0.1) is 10.6 Å². The van der Waals surface area contributed by atoms with Gasteiger partial charge in [-0.05, 0) is 30.2 Å². The van der Waals surface area contributed by atoms with Crippen LogP contribution in [0.4, 0.5) is 5.69 Å². The van der Waals surface area contributed by atoms with Crippen LogP contribution in [0, 0.1) is 6.92 Å². The first-order chi connectivity index (χ1) is 7.51. The normalized spacial score (nSPS) is 10.6. The van der Waals surface area contributed by atoms with E-state index in [0.717, 1.165) is 5.56 Å².